The minimum atomic E-state index is -4.17. The van der Waals surface area contributed by atoms with Gasteiger partial charge in [0.25, 0.3) is 5.56 Å². The highest BCUT2D eigenvalue weighted by atomic mass is 79.9. The number of methoxy groups -OCH3 is 1. The van der Waals surface area contributed by atoms with Crippen molar-refractivity contribution in [2.45, 2.75) is 25.6 Å². The molecule has 0 aliphatic carbocycles. The van der Waals surface area contributed by atoms with Gasteiger partial charge in [-0.25, -0.2) is 4.68 Å². The quantitative estimate of drug-likeness (QED) is 0.761. The molecule has 0 radical (unpaired) electrons. The summed E-state index contributed by atoms with van der Waals surface area (Å²) in [7, 11) is 1.51. The predicted octanol–water partition coefficient (Wildman–Crippen LogP) is 2.41. The number of nitrogens with one attached hydrogen (secondary N) is 1. The van der Waals surface area contributed by atoms with Crippen molar-refractivity contribution >= 4 is 21.6 Å². The maximum Gasteiger partial charge on any atom is 0.389 e. The van der Waals surface area contributed by atoms with E-state index >= 15 is 0 Å². The van der Waals surface area contributed by atoms with Crippen LogP contribution in [0.3, 0.4) is 0 Å². The van der Waals surface area contributed by atoms with E-state index in [4.69, 9.17) is 4.74 Å². The van der Waals surface area contributed by atoms with Gasteiger partial charge in [-0.05, 0) is 22.4 Å². The van der Waals surface area contributed by atoms with Crippen LogP contribution in [0.5, 0.6) is 0 Å². The summed E-state index contributed by atoms with van der Waals surface area (Å²) < 4.78 is 42.3. The molecule has 0 fully saturated rings. The molecule has 0 atom stereocenters. The SMILES string of the molecule is COCCn1ncc(NCCCC(F)(F)F)c(Br)c1=O. The van der Waals surface area contributed by atoms with Gasteiger partial charge in [0.15, 0.2) is 0 Å². The van der Waals surface area contributed by atoms with E-state index in [0.29, 0.717) is 18.8 Å². The summed E-state index contributed by atoms with van der Waals surface area (Å²) in [5.41, 5.74) is 0.0220. The van der Waals surface area contributed by atoms with Crippen molar-refractivity contribution in [3.05, 3.63) is 21.0 Å². The summed E-state index contributed by atoms with van der Waals surface area (Å²) in [6.07, 6.45) is -3.70. The van der Waals surface area contributed by atoms with Gasteiger partial charge in [0.2, 0.25) is 0 Å². The molecule has 5 nitrogen and oxygen atoms in total. The minimum absolute atomic E-state index is 0.0668. The molecule has 0 bridgehead atoms. The fourth-order valence-electron chi connectivity index (χ4n) is 1.44. The van der Waals surface area contributed by atoms with E-state index in [1.165, 1.54) is 18.0 Å². The van der Waals surface area contributed by atoms with Crippen LogP contribution in [0.2, 0.25) is 0 Å². The fraction of sp³-hybridized carbons (Fsp3) is 0.636. The zero-order valence-corrected chi connectivity index (χ0v) is 12.4. The van der Waals surface area contributed by atoms with E-state index in [-0.39, 0.29) is 23.0 Å². The van der Waals surface area contributed by atoms with Gasteiger partial charge in [-0.3, -0.25) is 4.79 Å². The lowest BCUT2D eigenvalue weighted by atomic mass is 10.3. The second-order valence-corrected chi connectivity index (χ2v) is 4.83. The first-order valence-electron chi connectivity index (χ1n) is 5.90. The number of rotatable bonds is 7. The molecular formula is C11H15BrF3N3O2. The molecule has 0 spiro atoms. The zero-order chi connectivity index (χ0) is 15.2. The predicted molar refractivity (Wildman–Crippen MR) is 71.9 cm³/mol. The third-order valence-corrected chi connectivity index (χ3v) is 3.21. The van der Waals surface area contributed by atoms with Gasteiger partial charge in [0.05, 0.1) is 25.0 Å². The molecule has 0 aromatic carbocycles. The van der Waals surface area contributed by atoms with Crippen molar-refractivity contribution in [2.75, 3.05) is 25.6 Å². The molecular weight excluding hydrogens is 343 g/mol. The van der Waals surface area contributed by atoms with Crippen molar-refractivity contribution in [3.63, 3.8) is 0 Å². The Hall–Kier alpha value is -1.09. The molecule has 0 saturated carbocycles. The van der Waals surface area contributed by atoms with E-state index < -0.39 is 12.6 Å². The standard InChI is InChI=1S/C11H15BrF3N3O2/c1-20-6-5-18-10(19)9(12)8(7-17-18)16-4-2-3-11(13,14)15/h7,16H,2-6H2,1H3. The summed E-state index contributed by atoms with van der Waals surface area (Å²) in [6, 6.07) is 0. The highest BCUT2D eigenvalue weighted by molar-refractivity contribution is 9.10. The number of hydrogen-bond acceptors (Lipinski definition) is 4. The van der Waals surface area contributed by atoms with E-state index in [1.807, 2.05) is 0 Å². The number of aromatic nitrogens is 2. The van der Waals surface area contributed by atoms with Crippen LogP contribution in [-0.4, -0.2) is 36.2 Å². The lowest BCUT2D eigenvalue weighted by molar-refractivity contribution is -0.134. The third kappa shape index (κ3) is 5.49. The van der Waals surface area contributed by atoms with Gasteiger partial charge >= 0.3 is 6.18 Å². The Bertz CT molecular complexity index is 491. The number of alkyl halides is 3. The summed E-state index contributed by atoms with van der Waals surface area (Å²) in [5.74, 6) is 0. The van der Waals surface area contributed by atoms with Crippen molar-refractivity contribution in [2.24, 2.45) is 0 Å². The molecule has 20 heavy (non-hydrogen) atoms. The molecule has 1 rings (SSSR count). The van der Waals surface area contributed by atoms with Gasteiger partial charge in [0.1, 0.15) is 4.47 Å². The summed E-state index contributed by atoms with van der Waals surface area (Å²) in [5, 5.41) is 6.67. The summed E-state index contributed by atoms with van der Waals surface area (Å²) in [4.78, 5) is 11.9. The average molecular weight is 358 g/mol. The van der Waals surface area contributed by atoms with E-state index in [9.17, 15) is 18.0 Å². The Labute approximate surface area is 122 Å². The molecule has 0 aliphatic heterocycles. The van der Waals surface area contributed by atoms with Crippen molar-refractivity contribution < 1.29 is 17.9 Å². The van der Waals surface area contributed by atoms with Crippen LogP contribution in [0.15, 0.2) is 15.5 Å². The Kier molecular flexibility index (Phi) is 6.47. The molecule has 1 N–H and O–H groups in total. The van der Waals surface area contributed by atoms with Gasteiger partial charge in [-0.1, -0.05) is 0 Å². The van der Waals surface area contributed by atoms with Gasteiger partial charge in [-0.15, -0.1) is 0 Å². The summed E-state index contributed by atoms with van der Waals surface area (Å²) in [6.45, 7) is 0.765. The molecule has 1 heterocycles. The first-order chi connectivity index (χ1) is 9.35. The second-order valence-electron chi connectivity index (χ2n) is 4.04. The molecule has 1 aromatic heterocycles. The highest BCUT2D eigenvalue weighted by Gasteiger charge is 2.25. The Morgan fingerprint density at radius 1 is 1.50 bits per heavy atom. The van der Waals surface area contributed by atoms with Crippen molar-refractivity contribution in [1.29, 1.82) is 0 Å². The van der Waals surface area contributed by atoms with Gasteiger partial charge < -0.3 is 10.1 Å². The van der Waals surface area contributed by atoms with E-state index in [2.05, 4.69) is 26.3 Å². The van der Waals surface area contributed by atoms with Crippen LogP contribution < -0.4 is 10.9 Å². The topological polar surface area (TPSA) is 56.1 Å². The van der Waals surface area contributed by atoms with E-state index in [1.54, 1.807) is 0 Å². The normalized spacial score (nSPS) is 11.7. The van der Waals surface area contributed by atoms with Crippen molar-refractivity contribution in [1.82, 2.24) is 9.78 Å². The van der Waals surface area contributed by atoms with Gasteiger partial charge in [-0.2, -0.15) is 18.3 Å². The number of ether oxygens (including phenoxy) is 1. The molecule has 0 amide bonds. The fourth-order valence-corrected chi connectivity index (χ4v) is 1.88. The number of halogens is 4. The monoisotopic (exact) mass is 357 g/mol. The molecule has 0 aliphatic rings. The molecule has 114 valence electrons. The van der Waals surface area contributed by atoms with Crippen LogP contribution >= 0.6 is 15.9 Å². The van der Waals surface area contributed by atoms with Crippen LogP contribution in [0.4, 0.5) is 18.9 Å². The Balaban J connectivity index is 2.59. The number of nitrogens with zero attached hydrogens (tertiary/aromatic N) is 2. The second kappa shape index (κ2) is 7.63. The Morgan fingerprint density at radius 3 is 2.80 bits per heavy atom. The van der Waals surface area contributed by atoms with E-state index in [0.717, 1.165) is 0 Å². The smallest absolute Gasteiger partial charge is 0.383 e. The highest BCUT2D eigenvalue weighted by Crippen LogP contribution is 2.22. The number of anilines is 1. The van der Waals surface area contributed by atoms with Gasteiger partial charge in [0, 0.05) is 20.1 Å². The zero-order valence-electron chi connectivity index (χ0n) is 10.8. The van der Waals surface area contributed by atoms with Crippen LogP contribution in [-0.2, 0) is 11.3 Å². The molecule has 1 aromatic rings. The molecule has 9 heteroatoms. The lowest BCUT2D eigenvalue weighted by Crippen LogP contribution is -2.26. The maximum absolute atomic E-state index is 12.0. The van der Waals surface area contributed by atoms with Crippen LogP contribution in [0.1, 0.15) is 12.8 Å². The molecule has 0 saturated heterocycles. The largest absolute Gasteiger partial charge is 0.389 e. The van der Waals surface area contributed by atoms with Crippen LogP contribution in [0, 0.1) is 0 Å². The third-order valence-electron chi connectivity index (χ3n) is 2.44. The minimum Gasteiger partial charge on any atom is -0.383 e. The van der Waals surface area contributed by atoms with Crippen LogP contribution in [0.25, 0.3) is 0 Å². The summed E-state index contributed by atoms with van der Waals surface area (Å²) >= 11 is 3.12. The molecule has 0 unspecified atom stereocenters. The van der Waals surface area contributed by atoms with Crippen molar-refractivity contribution in [3.8, 4) is 0 Å². The number of hydrogen-bond donors (Lipinski definition) is 1. The Morgan fingerprint density at radius 2 is 2.20 bits per heavy atom. The average Bonchev–Trinajstić information content (AvgIpc) is 2.37. The maximum atomic E-state index is 12.0. The first kappa shape index (κ1) is 17.0. The first-order valence-corrected chi connectivity index (χ1v) is 6.69. The lowest BCUT2D eigenvalue weighted by Gasteiger charge is -2.11.